The summed E-state index contributed by atoms with van der Waals surface area (Å²) in [6, 6.07) is 15.2. The van der Waals surface area contributed by atoms with Crippen LogP contribution in [-0.4, -0.2) is 21.4 Å². The van der Waals surface area contributed by atoms with Crippen LogP contribution in [0.5, 0.6) is 0 Å². The number of anilines is 2. The number of halogens is 2. The van der Waals surface area contributed by atoms with Gasteiger partial charge in [0, 0.05) is 28.4 Å². The number of fused-ring (bicyclic) bond motifs is 1. The molecule has 0 saturated carbocycles. The van der Waals surface area contributed by atoms with E-state index in [1.807, 2.05) is 0 Å². The summed E-state index contributed by atoms with van der Waals surface area (Å²) in [6.45, 7) is 0.0621. The molecule has 170 valence electrons. The van der Waals surface area contributed by atoms with Gasteiger partial charge in [-0.3, -0.25) is 9.52 Å². The Balaban J connectivity index is 1.55. The van der Waals surface area contributed by atoms with E-state index in [2.05, 4.69) is 10.0 Å². The molecule has 0 spiro atoms. The third-order valence-electron chi connectivity index (χ3n) is 4.76. The van der Waals surface area contributed by atoms with Crippen LogP contribution in [0, 0.1) is 11.6 Å². The highest BCUT2D eigenvalue weighted by molar-refractivity contribution is 7.92. The van der Waals surface area contributed by atoms with Crippen molar-refractivity contribution >= 4 is 48.7 Å². The molecule has 33 heavy (non-hydrogen) atoms. The van der Waals surface area contributed by atoms with Crippen LogP contribution in [0.4, 0.5) is 20.2 Å². The van der Waals surface area contributed by atoms with Crippen LogP contribution < -0.4 is 10.0 Å². The van der Waals surface area contributed by atoms with Crippen LogP contribution in [0.15, 0.2) is 71.6 Å². The molecule has 1 aromatic heterocycles. The Hall–Kier alpha value is -3.34. The van der Waals surface area contributed by atoms with Crippen LogP contribution in [0.25, 0.3) is 10.1 Å². The summed E-state index contributed by atoms with van der Waals surface area (Å²) in [4.78, 5) is 13.1. The molecule has 4 rings (SSSR count). The van der Waals surface area contributed by atoms with Gasteiger partial charge < -0.3 is 10.1 Å². The molecule has 0 fully saturated rings. The van der Waals surface area contributed by atoms with Gasteiger partial charge in [-0.25, -0.2) is 17.2 Å². The van der Waals surface area contributed by atoms with Crippen molar-refractivity contribution in [1.82, 2.24) is 0 Å². The fourth-order valence-electron chi connectivity index (χ4n) is 3.30. The van der Waals surface area contributed by atoms with Crippen molar-refractivity contribution in [3.8, 4) is 0 Å². The Labute approximate surface area is 192 Å². The number of thiophene rings is 1. The highest BCUT2D eigenvalue weighted by Gasteiger charge is 2.21. The SMILES string of the molecule is COCc1c(C(=O)Nc2ccc(S(=O)(=O)Nc3cccc(F)c3)cc2)sc2cccc(F)c12. The number of benzene rings is 3. The maximum absolute atomic E-state index is 14.3. The van der Waals surface area contributed by atoms with Gasteiger partial charge in [-0.1, -0.05) is 12.1 Å². The zero-order chi connectivity index (χ0) is 23.6. The Morgan fingerprint density at radius 1 is 1.00 bits per heavy atom. The highest BCUT2D eigenvalue weighted by Crippen LogP contribution is 2.34. The van der Waals surface area contributed by atoms with E-state index in [1.54, 1.807) is 12.1 Å². The molecule has 6 nitrogen and oxygen atoms in total. The van der Waals surface area contributed by atoms with Gasteiger partial charge in [0.25, 0.3) is 15.9 Å². The second kappa shape index (κ2) is 9.26. The van der Waals surface area contributed by atoms with E-state index >= 15 is 0 Å². The van der Waals surface area contributed by atoms with E-state index in [0.29, 0.717) is 26.2 Å². The van der Waals surface area contributed by atoms with Gasteiger partial charge in [0.2, 0.25) is 0 Å². The van der Waals surface area contributed by atoms with Crippen molar-refractivity contribution in [2.75, 3.05) is 17.1 Å². The zero-order valence-electron chi connectivity index (χ0n) is 17.3. The van der Waals surface area contributed by atoms with Gasteiger partial charge in [-0.15, -0.1) is 11.3 Å². The van der Waals surface area contributed by atoms with Crippen molar-refractivity contribution in [2.24, 2.45) is 0 Å². The molecule has 1 heterocycles. The van der Waals surface area contributed by atoms with Gasteiger partial charge in [-0.2, -0.15) is 0 Å². The van der Waals surface area contributed by atoms with Gasteiger partial charge >= 0.3 is 0 Å². The van der Waals surface area contributed by atoms with Gasteiger partial charge in [0.1, 0.15) is 11.6 Å². The number of amides is 1. The molecule has 10 heteroatoms. The summed E-state index contributed by atoms with van der Waals surface area (Å²) in [7, 11) is -2.49. The average molecular weight is 489 g/mol. The summed E-state index contributed by atoms with van der Waals surface area (Å²) in [5.41, 5.74) is 0.896. The third kappa shape index (κ3) is 4.87. The molecule has 1 amide bonds. The van der Waals surface area contributed by atoms with Crippen LogP contribution >= 0.6 is 11.3 Å². The molecule has 0 radical (unpaired) electrons. The number of nitrogens with one attached hydrogen (secondary N) is 2. The second-order valence-electron chi connectivity index (χ2n) is 7.05. The Morgan fingerprint density at radius 3 is 2.42 bits per heavy atom. The summed E-state index contributed by atoms with van der Waals surface area (Å²) in [6.07, 6.45) is 0. The first-order valence-corrected chi connectivity index (χ1v) is 12.0. The normalized spacial score (nSPS) is 11.5. The lowest BCUT2D eigenvalue weighted by atomic mass is 10.1. The highest BCUT2D eigenvalue weighted by atomic mass is 32.2. The molecular weight excluding hydrogens is 470 g/mol. The molecule has 0 atom stereocenters. The fraction of sp³-hybridized carbons (Fsp3) is 0.0870. The maximum atomic E-state index is 14.3. The average Bonchev–Trinajstić information content (AvgIpc) is 3.14. The molecule has 2 N–H and O–H groups in total. The van der Waals surface area contributed by atoms with E-state index in [-0.39, 0.29) is 17.2 Å². The van der Waals surface area contributed by atoms with Crippen LogP contribution in [0.3, 0.4) is 0 Å². The number of ether oxygens (including phenoxy) is 1. The first-order valence-electron chi connectivity index (χ1n) is 9.67. The lowest BCUT2D eigenvalue weighted by Gasteiger charge is -2.10. The second-order valence-corrected chi connectivity index (χ2v) is 9.78. The number of carbonyl (C=O) groups excluding carboxylic acids is 1. The largest absolute Gasteiger partial charge is 0.380 e. The van der Waals surface area contributed by atoms with E-state index < -0.39 is 27.6 Å². The number of rotatable bonds is 7. The Bertz CT molecular complexity index is 1430. The number of sulfonamides is 1. The van der Waals surface area contributed by atoms with Crippen LogP contribution in [-0.2, 0) is 21.4 Å². The van der Waals surface area contributed by atoms with Crippen molar-refractivity contribution in [3.63, 3.8) is 0 Å². The Kier molecular flexibility index (Phi) is 6.41. The lowest BCUT2D eigenvalue weighted by molar-refractivity contribution is 0.102. The predicted molar refractivity (Wildman–Crippen MR) is 124 cm³/mol. The summed E-state index contributed by atoms with van der Waals surface area (Å²) in [5.74, 6) is -1.46. The number of methoxy groups -OCH3 is 1. The first kappa shape index (κ1) is 22.8. The molecule has 0 saturated heterocycles. The molecular formula is C23H18F2N2O4S2. The first-order chi connectivity index (χ1) is 15.8. The minimum atomic E-state index is -3.95. The van der Waals surface area contributed by atoms with Crippen LogP contribution in [0.2, 0.25) is 0 Å². The van der Waals surface area contributed by atoms with E-state index in [9.17, 15) is 22.0 Å². The van der Waals surface area contributed by atoms with Crippen molar-refractivity contribution in [3.05, 3.63) is 88.8 Å². The quantitative estimate of drug-likeness (QED) is 0.366. The molecule has 3 aromatic carbocycles. The van der Waals surface area contributed by atoms with Crippen LogP contribution in [0.1, 0.15) is 15.2 Å². The van der Waals surface area contributed by atoms with Crippen molar-refractivity contribution in [1.29, 1.82) is 0 Å². The van der Waals surface area contributed by atoms with Crippen molar-refractivity contribution in [2.45, 2.75) is 11.5 Å². The molecule has 0 bridgehead atoms. The fourth-order valence-corrected chi connectivity index (χ4v) is 5.47. The van der Waals surface area contributed by atoms with Crippen molar-refractivity contribution < 1.29 is 26.7 Å². The molecule has 0 aliphatic rings. The lowest BCUT2D eigenvalue weighted by Crippen LogP contribution is -2.14. The van der Waals surface area contributed by atoms with E-state index in [0.717, 1.165) is 17.4 Å². The number of hydrogen-bond donors (Lipinski definition) is 2. The molecule has 4 aromatic rings. The minimum Gasteiger partial charge on any atom is -0.380 e. The monoisotopic (exact) mass is 488 g/mol. The predicted octanol–water partition coefficient (Wildman–Crippen LogP) is 5.38. The summed E-state index contributed by atoms with van der Waals surface area (Å²) < 4.78 is 60.8. The van der Waals surface area contributed by atoms with E-state index in [4.69, 9.17) is 4.74 Å². The zero-order valence-corrected chi connectivity index (χ0v) is 18.9. The third-order valence-corrected chi connectivity index (χ3v) is 7.35. The minimum absolute atomic E-state index is 0.0613. The molecule has 0 aliphatic heterocycles. The maximum Gasteiger partial charge on any atom is 0.266 e. The topological polar surface area (TPSA) is 84.5 Å². The number of carbonyl (C=O) groups is 1. The van der Waals surface area contributed by atoms with Gasteiger partial charge in [0.05, 0.1) is 22.1 Å². The summed E-state index contributed by atoms with van der Waals surface area (Å²) >= 11 is 1.15. The summed E-state index contributed by atoms with van der Waals surface area (Å²) in [5, 5.41) is 3.05. The number of hydrogen-bond acceptors (Lipinski definition) is 5. The standard InChI is InChI=1S/C23H18F2N2O4S2/c1-31-13-18-21-19(25)6-3-7-20(21)32-22(18)23(28)26-15-8-10-17(11-9-15)33(29,30)27-16-5-2-4-14(24)12-16/h2-12,27H,13H2,1H3,(H,26,28). The van der Waals surface area contributed by atoms with Gasteiger partial charge in [-0.05, 0) is 54.6 Å². The van der Waals surface area contributed by atoms with E-state index in [1.165, 1.54) is 55.6 Å². The smallest absolute Gasteiger partial charge is 0.266 e. The Morgan fingerprint density at radius 2 is 1.73 bits per heavy atom. The molecule has 0 aliphatic carbocycles. The van der Waals surface area contributed by atoms with Gasteiger partial charge in [0.15, 0.2) is 0 Å². The molecule has 0 unspecified atom stereocenters.